The van der Waals surface area contributed by atoms with Gasteiger partial charge in [-0.25, -0.2) is 0 Å². The van der Waals surface area contributed by atoms with E-state index in [2.05, 4.69) is 15.9 Å². The van der Waals surface area contributed by atoms with Gasteiger partial charge in [0.1, 0.15) is 11.9 Å². The highest BCUT2D eigenvalue weighted by atomic mass is 79.9. The minimum Gasteiger partial charge on any atom is -0.542 e. The van der Waals surface area contributed by atoms with Gasteiger partial charge in [0.25, 0.3) is 0 Å². The Hall–Kier alpha value is -1.76. The highest BCUT2D eigenvalue weighted by Crippen LogP contribution is 2.40. The Morgan fingerprint density at radius 1 is 1.26 bits per heavy atom. The minimum atomic E-state index is -2.92. The van der Waals surface area contributed by atoms with Gasteiger partial charge in [0, 0.05) is 4.83 Å². The van der Waals surface area contributed by atoms with E-state index < -0.39 is 17.7 Å². The van der Waals surface area contributed by atoms with Crippen molar-refractivity contribution in [1.82, 2.24) is 0 Å². The molecule has 0 N–H and O–H groups in total. The Bertz CT molecular complexity index is 525. The van der Waals surface area contributed by atoms with Crippen molar-refractivity contribution >= 4 is 27.9 Å². The van der Waals surface area contributed by atoms with E-state index in [-0.39, 0.29) is 16.3 Å². The summed E-state index contributed by atoms with van der Waals surface area (Å²) in [7, 11) is 0. The maximum atomic E-state index is 10.9. The molecule has 1 aromatic rings. The van der Waals surface area contributed by atoms with Crippen LogP contribution in [0.1, 0.15) is 12.5 Å². The van der Waals surface area contributed by atoms with Crippen molar-refractivity contribution in [3.05, 3.63) is 23.8 Å². The molecule has 0 bridgehead atoms. The van der Waals surface area contributed by atoms with Gasteiger partial charge in [-0.2, -0.15) is 0 Å². The highest BCUT2D eigenvalue weighted by Gasteiger charge is 2.45. The first kappa shape index (κ1) is 13.7. The molecule has 19 heavy (non-hydrogen) atoms. The number of fused-ring (bicyclic) bond motifs is 1. The van der Waals surface area contributed by atoms with Gasteiger partial charge in [0.15, 0.2) is 11.5 Å². The molecular formula is C12H9BrO6-2. The standard InChI is InChI=1S/C12H11BrO6/c1-6(13)4-7-2-3-8-9(5-7)19-12(18-8,10(14)15)11(16)17/h2-3,5-6H,4H2,1H3,(H,14,15)(H,16,17)/p-2. The van der Waals surface area contributed by atoms with E-state index in [4.69, 9.17) is 9.47 Å². The first-order valence-corrected chi connectivity index (χ1v) is 6.34. The van der Waals surface area contributed by atoms with Crippen LogP contribution in [0.15, 0.2) is 18.2 Å². The van der Waals surface area contributed by atoms with Gasteiger partial charge in [-0.05, 0) is 24.1 Å². The molecule has 102 valence electrons. The van der Waals surface area contributed by atoms with E-state index in [1.54, 1.807) is 6.07 Å². The molecule has 0 aromatic heterocycles. The molecule has 0 saturated heterocycles. The van der Waals surface area contributed by atoms with Crippen LogP contribution in [0, 0.1) is 0 Å². The van der Waals surface area contributed by atoms with Gasteiger partial charge >= 0.3 is 5.79 Å². The summed E-state index contributed by atoms with van der Waals surface area (Å²) in [4.78, 5) is 22.0. The summed E-state index contributed by atoms with van der Waals surface area (Å²) in [5.74, 6) is -6.88. The molecule has 0 radical (unpaired) electrons. The van der Waals surface area contributed by atoms with Gasteiger partial charge < -0.3 is 29.3 Å². The Morgan fingerprint density at radius 3 is 2.37 bits per heavy atom. The van der Waals surface area contributed by atoms with Gasteiger partial charge in [-0.15, -0.1) is 0 Å². The fourth-order valence-corrected chi connectivity index (χ4v) is 2.12. The summed E-state index contributed by atoms with van der Waals surface area (Å²) in [6.07, 6.45) is 0.667. The molecular weight excluding hydrogens is 320 g/mol. The molecule has 1 aliphatic rings. The number of carboxylic acid groups (broad SMARTS) is 2. The topological polar surface area (TPSA) is 98.7 Å². The van der Waals surface area contributed by atoms with E-state index in [1.165, 1.54) is 12.1 Å². The Balaban J connectivity index is 2.34. The highest BCUT2D eigenvalue weighted by molar-refractivity contribution is 9.09. The first-order chi connectivity index (χ1) is 8.85. The summed E-state index contributed by atoms with van der Waals surface area (Å²) in [5.41, 5.74) is 0.847. The van der Waals surface area contributed by atoms with Gasteiger partial charge in [-0.3, -0.25) is 0 Å². The number of alkyl halides is 1. The van der Waals surface area contributed by atoms with Crippen molar-refractivity contribution in [2.75, 3.05) is 0 Å². The van der Waals surface area contributed by atoms with E-state index >= 15 is 0 Å². The molecule has 0 saturated carbocycles. The van der Waals surface area contributed by atoms with Crippen LogP contribution in [0.25, 0.3) is 0 Å². The maximum Gasteiger partial charge on any atom is 0.335 e. The predicted octanol–water partition coefficient (Wildman–Crippen LogP) is -1.02. The number of rotatable bonds is 4. The van der Waals surface area contributed by atoms with Crippen molar-refractivity contribution in [2.24, 2.45) is 0 Å². The second-order valence-electron chi connectivity index (χ2n) is 4.16. The number of carboxylic acids is 2. The Kier molecular flexibility index (Phi) is 3.40. The summed E-state index contributed by atoms with van der Waals surface area (Å²) < 4.78 is 9.70. The molecule has 1 heterocycles. The lowest BCUT2D eigenvalue weighted by Crippen LogP contribution is -2.64. The smallest absolute Gasteiger partial charge is 0.335 e. The lowest BCUT2D eigenvalue weighted by Gasteiger charge is -2.28. The van der Waals surface area contributed by atoms with Crippen molar-refractivity contribution in [1.29, 1.82) is 0 Å². The van der Waals surface area contributed by atoms with Crippen molar-refractivity contribution in [3.8, 4) is 11.5 Å². The number of ether oxygens (including phenoxy) is 2. The third-order valence-corrected chi connectivity index (χ3v) is 2.89. The van der Waals surface area contributed by atoms with Crippen LogP contribution in [0.5, 0.6) is 11.5 Å². The molecule has 1 unspecified atom stereocenters. The summed E-state index contributed by atoms with van der Waals surface area (Å²) >= 11 is 3.38. The Labute approximate surface area is 117 Å². The third-order valence-electron chi connectivity index (χ3n) is 2.57. The van der Waals surface area contributed by atoms with Gasteiger partial charge in [0.2, 0.25) is 0 Å². The van der Waals surface area contributed by atoms with Crippen LogP contribution in [0.2, 0.25) is 0 Å². The normalized spacial score (nSPS) is 16.9. The second-order valence-corrected chi connectivity index (χ2v) is 5.72. The maximum absolute atomic E-state index is 10.9. The van der Waals surface area contributed by atoms with Crippen LogP contribution in [0.3, 0.4) is 0 Å². The zero-order valence-corrected chi connectivity index (χ0v) is 11.4. The van der Waals surface area contributed by atoms with E-state index in [0.717, 1.165) is 5.56 Å². The zero-order valence-electron chi connectivity index (χ0n) is 9.84. The molecule has 0 amide bonds. The molecule has 7 heteroatoms. The molecule has 0 spiro atoms. The molecule has 1 atom stereocenters. The lowest BCUT2D eigenvalue weighted by molar-refractivity contribution is -0.362. The Morgan fingerprint density at radius 2 is 1.84 bits per heavy atom. The van der Waals surface area contributed by atoms with E-state index in [9.17, 15) is 19.8 Å². The summed E-state index contributed by atoms with van der Waals surface area (Å²) in [5, 5.41) is 21.8. The molecule has 2 rings (SSSR count). The van der Waals surface area contributed by atoms with E-state index in [0.29, 0.717) is 6.42 Å². The zero-order chi connectivity index (χ0) is 14.2. The molecule has 6 nitrogen and oxygen atoms in total. The predicted molar refractivity (Wildman–Crippen MR) is 62.5 cm³/mol. The quantitative estimate of drug-likeness (QED) is 0.518. The molecule has 1 aromatic carbocycles. The van der Waals surface area contributed by atoms with Gasteiger partial charge in [0.05, 0.1) is 0 Å². The van der Waals surface area contributed by atoms with Crippen LogP contribution in [0.4, 0.5) is 0 Å². The molecule has 0 aliphatic carbocycles. The first-order valence-electron chi connectivity index (χ1n) is 5.43. The number of carbonyl (C=O) groups excluding carboxylic acids is 2. The van der Waals surface area contributed by atoms with Gasteiger partial charge in [-0.1, -0.05) is 28.9 Å². The van der Waals surface area contributed by atoms with Crippen LogP contribution in [-0.2, 0) is 16.0 Å². The fraction of sp³-hybridized carbons (Fsp3) is 0.333. The SMILES string of the molecule is CC(Br)Cc1ccc2c(c1)OC(C(=O)[O-])(C(=O)[O-])O2. The van der Waals surface area contributed by atoms with Crippen LogP contribution < -0.4 is 19.7 Å². The minimum absolute atomic E-state index is 0.0272. The number of halogens is 1. The van der Waals surface area contributed by atoms with E-state index in [1.807, 2.05) is 6.92 Å². The average Bonchev–Trinajstić information content (AvgIpc) is 2.68. The summed E-state index contributed by atoms with van der Waals surface area (Å²) in [6.45, 7) is 1.94. The van der Waals surface area contributed by atoms with Crippen LogP contribution in [-0.4, -0.2) is 22.6 Å². The fourth-order valence-electron chi connectivity index (χ4n) is 1.75. The number of aliphatic carboxylic acids is 2. The average molecular weight is 329 g/mol. The van der Waals surface area contributed by atoms with Crippen LogP contribution >= 0.6 is 15.9 Å². The summed E-state index contributed by atoms with van der Waals surface area (Å²) in [6, 6.07) is 4.68. The molecule has 0 fully saturated rings. The lowest BCUT2D eigenvalue weighted by atomic mass is 10.1. The third kappa shape index (κ3) is 2.37. The van der Waals surface area contributed by atoms with Crippen molar-refractivity contribution in [2.45, 2.75) is 24.0 Å². The number of carbonyl (C=O) groups is 2. The largest absolute Gasteiger partial charge is 0.542 e. The second kappa shape index (κ2) is 4.73. The van der Waals surface area contributed by atoms with Crippen molar-refractivity contribution < 1.29 is 29.3 Å². The number of benzene rings is 1. The number of hydrogen-bond donors (Lipinski definition) is 0. The van der Waals surface area contributed by atoms with Crippen molar-refractivity contribution in [3.63, 3.8) is 0 Å². The molecule has 1 aliphatic heterocycles. The number of hydrogen-bond acceptors (Lipinski definition) is 6. The monoisotopic (exact) mass is 328 g/mol.